The van der Waals surface area contributed by atoms with Crippen LogP contribution in [0.5, 0.6) is 0 Å². The van der Waals surface area contributed by atoms with Crippen LogP contribution < -0.4 is 4.90 Å². The van der Waals surface area contributed by atoms with Gasteiger partial charge in [-0.3, -0.25) is 4.79 Å². The van der Waals surface area contributed by atoms with Crippen molar-refractivity contribution < 1.29 is 9.90 Å². The van der Waals surface area contributed by atoms with E-state index < -0.39 is 0 Å². The Hall–Kier alpha value is -1.55. The number of carbonyl (C=O) groups is 1. The van der Waals surface area contributed by atoms with Gasteiger partial charge in [0.05, 0.1) is 6.10 Å². The Morgan fingerprint density at radius 1 is 1.42 bits per heavy atom. The molecule has 4 heteroatoms. The molecule has 104 valence electrons. The van der Waals surface area contributed by atoms with Gasteiger partial charge < -0.3 is 14.9 Å². The SMILES string of the molecule is CCCN(C)c1ccc(C(=O)N2CC[C@@H](O)C2)cc1. The van der Waals surface area contributed by atoms with Gasteiger partial charge in [-0.05, 0) is 37.1 Å². The summed E-state index contributed by atoms with van der Waals surface area (Å²) in [5, 5.41) is 9.47. The van der Waals surface area contributed by atoms with Crippen molar-refractivity contribution in [1.29, 1.82) is 0 Å². The fraction of sp³-hybridized carbons (Fsp3) is 0.533. The van der Waals surface area contributed by atoms with E-state index in [-0.39, 0.29) is 12.0 Å². The summed E-state index contributed by atoms with van der Waals surface area (Å²) in [5.41, 5.74) is 1.82. The predicted octanol–water partition coefficient (Wildman–Crippen LogP) is 1.74. The highest BCUT2D eigenvalue weighted by molar-refractivity contribution is 5.94. The Morgan fingerprint density at radius 2 is 2.11 bits per heavy atom. The van der Waals surface area contributed by atoms with Crippen molar-refractivity contribution in [1.82, 2.24) is 4.90 Å². The van der Waals surface area contributed by atoms with Gasteiger partial charge in [-0.15, -0.1) is 0 Å². The minimum absolute atomic E-state index is 0.0150. The van der Waals surface area contributed by atoms with E-state index in [9.17, 15) is 9.90 Å². The van der Waals surface area contributed by atoms with Crippen LogP contribution in [-0.4, -0.2) is 48.7 Å². The number of likely N-dealkylation sites (tertiary alicyclic amines) is 1. The minimum atomic E-state index is -0.362. The third-order valence-electron chi connectivity index (χ3n) is 3.56. The van der Waals surface area contributed by atoms with Crippen LogP contribution in [0.3, 0.4) is 0 Å². The summed E-state index contributed by atoms with van der Waals surface area (Å²) >= 11 is 0. The molecule has 0 aliphatic carbocycles. The normalized spacial score (nSPS) is 18.7. The van der Waals surface area contributed by atoms with Crippen molar-refractivity contribution in [3.8, 4) is 0 Å². The lowest BCUT2D eigenvalue weighted by Gasteiger charge is -2.19. The van der Waals surface area contributed by atoms with Crippen LogP contribution in [0.15, 0.2) is 24.3 Å². The Kier molecular flexibility index (Phi) is 4.43. The number of aliphatic hydroxyl groups excluding tert-OH is 1. The van der Waals surface area contributed by atoms with Crippen LogP contribution in [-0.2, 0) is 0 Å². The van der Waals surface area contributed by atoms with Crippen molar-refractivity contribution in [3.05, 3.63) is 29.8 Å². The van der Waals surface area contributed by atoms with E-state index in [2.05, 4.69) is 18.9 Å². The molecule has 1 atom stereocenters. The lowest BCUT2D eigenvalue weighted by Crippen LogP contribution is -2.29. The average molecular weight is 262 g/mol. The number of hydrogen-bond acceptors (Lipinski definition) is 3. The second-order valence-electron chi connectivity index (χ2n) is 5.16. The fourth-order valence-electron chi connectivity index (χ4n) is 2.43. The Bertz CT molecular complexity index is 430. The van der Waals surface area contributed by atoms with Gasteiger partial charge in [-0.2, -0.15) is 0 Å². The zero-order valence-corrected chi connectivity index (χ0v) is 11.7. The zero-order chi connectivity index (χ0) is 13.8. The molecule has 1 fully saturated rings. The van der Waals surface area contributed by atoms with E-state index >= 15 is 0 Å². The van der Waals surface area contributed by atoms with Crippen LogP contribution in [0.25, 0.3) is 0 Å². The first-order valence-corrected chi connectivity index (χ1v) is 6.90. The highest BCUT2D eigenvalue weighted by Gasteiger charge is 2.25. The first-order valence-electron chi connectivity index (χ1n) is 6.90. The van der Waals surface area contributed by atoms with Gasteiger partial charge in [0, 0.05) is 37.9 Å². The topological polar surface area (TPSA) is 43.8 Å². The van der Waals surface area contributed by atoms with Gasteiger partial charge >= 0.3 is 0 Å². The standard InChI is InChI=1S/C15H22N2O2/c1-3-9-16(2)13-6-4-12(5-7-13)15(19)17-10-8-14(18)11-17/h4-7,14,18H,3,8-11H2,1-2H3/t14-/m1/s1. The second kappa shape index (κ2) is 6.06. The maximum atomic E-state index is 12.2. The van der Waals surface area contributed by atoms with Crippen molar-refractivity contribution >= 4 is 11.6 Å². The van der Waals surface area contributed by atoms with Crippen molar-refractivity contribution in [2.45, 2.75) is 25.9 Å². The molecule has 1 aliphatic heterocycles. The van der Waals surface area contributed by atoms with Gasteiger partial charge in [0.25, 0.3) is 5.91 Å². The van der Waals surface area contributed by atoms with Crippen molar-refractivity contribution in [2.24, 2.45) is 0 Å². The number of rotatable bonds is 4. The summed E-state index contributed by atoms with van der Waals surface area (Å²) in [6.45, 7) is 4.26. The smallest absolute Gasteiger partial charge is 0.253 e. The molecule has 1 N–H and O–H groups in total. The van der Waals surface area contributed by atoms with E-state index in [4.69, 9.17) is 0 Å². The van der Waals surface area contributed by atoms with E-state index in [1.54, 1.807) is 4.90 Å². The first-order chi connectivity index (χ1) is 9.11. The maximum absolute atomic E-state index is 12.2. The number of β-amino-alcohol motifs (C(OH)–C–C–N with tert-alkyl or cyclic N) is 1. The van der Waals surface area contributed by atoms with Crippen LogP contribution in [0.1, 0.15) is 30.1 Å². The molecule has 1 saturated heterocycles. The number of anilines is 1. The molecule has 4 nitrogen and oxygen atoms in total. The molecule has 0 spiro atoms. The summed E-state index contributed by atoms with van der Waals surface area (Å²) in [6.07, 6.45) is 1.42. The average Bonchev–Trinajstić information content (AvgIpc) is 2.85. The van der Waals surface area contributed by atoms with Gasteiger partial charge in [0.15, 0.2) is 0 Å². The third kappa shape index (κ3) is 3.26. The molecule has 1 aliphatic rings. The van der Waals surface area contributed by atoms with Gasteiger partial charge in [0.1, 0.15) is 0 Å². The van der Waals surface area contributed by atoms with Gasteiger partial charge in [0.2, 0.25) is 0 Å². The molecule has 19 heavy (non-hydrogen) atoms. The molecule has 0 bridgehead atoms. The van der Waals surface area contributed by atoms with Crippen molar-refractivity contribution in [2.75, 3.05) is 31.6 Å². The summed E-state index contributed by atoms with van der Waals surface area (Å²) in [4.78, 5) is 16.1. The number of carbonyl (C=O) groups excluding carboxylic acids is 1. The highest BCUT2D eigenvalue weighted by atomic mass is 16.3. The van der Waals surface area contributed by atoms with Crippen LogP contribution in [0.2, 0.25) is 0 Å². The van der Waals surface area contributed by atoms with Gasteiger partial charge in [-0.1, -0.05) is 6.92 Å². The predicted molar refractivity (Wildman–Crippen MR) is 76.5 cm³/mol. The molecule has 0 unspecified atom stereocenters. The number of benzene rings is 1. The molecular weight excluding hydrogens is 240 g/mol. The van der Waals surface area contributed by atoms with Crippen molar-refractivity contribution in [3.63, 3.8) is 0 Å². The Labute approximate surface area is 114 Å². The van der Waals surface area contributed by atoms with E-state index in [0.29, 0.717) is 25.1 Å². The molecule has 0 aromatic heterocycles. The summed E-state index contributed by atoms with van der Waals surface area (Å²) < 4.78 is 0. The molecular formula is C15H22N2O2. The fourth-order valence-corrected chi connectivity index (χ4v) is 2.43. The maximum Gasteiger partial charge on any atom is 0.253 e. The lowest BCUT2D eigenvalue weighted by molar-refractivity contribution is 0.0765. The molecule has 1 aromatic rings. The molecule has 2 rings (SSSR count). The molecule has 0 saturated carbocycles. The largest absolute Gasteiger partial charge is 0.391 e. The third-order valence-corrected chi connectivity index (χ3v) is 3.56. The van der Waals surface area contributed by atoms with Crippen LogP contribution >= 0.6 is 0 Å². The second-order valence-corrected chi connectivity index (χ2v) is 5.16. The number of amides is 1. The monoisotopic (exact) mass is 262 g/mol. The first kappa shape index (κ1) is 13.9. The molecule has 1 heterocycles. The Morgan fingerprint density at radius 3 is 2.63 bits per heavy atom. The van der Waals surface area contributed by atoms with E-state index in [1.165, 1.54) is 0 Å². The minimum Gasteiger partial charge on any atom is -0.391 e. The summed E-state index contributed by atoms with van der Waals surface area (Å²) in [7, 11) is 2.05. The molecule has 1 amide bonds. The molecule has 1 aromatic carbocycles. The highest BCUT2D eigenvalue weighted by Crippen LogP contribution is 2.17. The summed E-state index contributed by atoms with van der Waals surface area (Å²) in [5.74, 6) is 0.0150. The van der Waals surface area contributed by atoms with Crippen LogP contribution in [0.4, 0.5) is 5.69 Å². The van der Waals surface area contributed by atoms with E-state index in [1.807, 2.05) is 24.3 Å². The van der Waals surface area contributed by atoms with E-state index in [0.717, 1.165) is 18.7 Å². The molecule has 0 radical (unpaired) electrons. The quantitative estimate of drug-likeness (QED) is 0.899. The number of hydrogen-bond donors (Lipinski definition) is 1. The van der Waals surface area contributed by atoms with Crippen LogP contribution in [0, 0.1) is 0 Å². The number of aliphatic hydroxyl groups is 1. The zero-order valence-electron chi connectivity index (χ0n) is 11.7. The lowest BCUT2D eigenvalue weighted by atomic mass is 10.1. The Balaban J connectivity index is 2.03. The van der Waals surface area contributed by atoms with Gasteiger partial charge in [-0.25, -0.2) is 0 Å². The summed E-state index contributed by atoms with van der Waals surface area (Å²) in [6, 6.07) is 7.70. The number of nitrogens with zero attached hydrogens (tertiary/aromatic N) is 2.